The Morgan fingerprint density at radius 2 is 1.63 bits per heavy atom. The first kappa shape index (κ1) is 23.3. The summed E-state index contributed by atoms with van der Waals surface area (Å²) >= 11 is 0. The number of carbonyl (C=O) groups is 1. The van der Waals surface area contributed by atoms with Crippen molar-refractivity contribution in [3.63, 3.8) is 0 Å². The van der Waals surface area contributed by atoms with Crippen LogP contribution in [0.5, 0.6) is 5.75 Å². The fourth-order valence-corrected chi connectivity index (χ4v) is 4.80. The van der Waals surface area contributed by atoms with Crippen molar-refractivity contribution >= 4 is 34.1 Å². The van der Waals surface area contributed by atoms with Crippen molar-refractivity contribution in [3.05, 3.63) is 88.5 Å². The molecule has 1 fully saturated rings. The van der Waals surface area contributed by atoms with Gasteiger partial charge in [-0.15, -0.1) is 10.2 Å². The summed E-state index contributed by atoms with van der Waals surface area (Å²) in [6.45, 7) is 2.03. The number of rotatable bonds is 5. The third kappa shape index (κ3) is 3.94. The van der Waals surface area contributed by atoms with E-state index in [0.717, 1.165) is 10.9 Å². The molecule has 0 spiro atoms. The fourth-order valence-electron chi connectivity index (χ4n) is 4.80. The van der Waals surface area contributed by atoms with Gasteiger partial charge >= 0.3 is 0 Å². The highest BCUT2D eigenvalue weighted by molar-refractivity contribution is 5.95. The van der Waals surface area contributed by atoms with Crippen molar-refractivity contribution in [3.8, 4) is 17.1 Å². The van der Waals surface area contributed by atoms with Crippen LogP contribution in [0.2, 0.25) is 0 Å². The number of methoxy groups -OCH3 is 1. The van der Waals surface area contributed by atoms with Gasteiger partial charge in [-0.3, -0.25) is 14.9 Å². The third-order valence-electron chi connectivity index (χ3n) is 6.76. The second-order valence-electron chi connectivity index (χ2n) is 8.89. The number of nitro benzene ring substituents is 1. The summed E-state index contributed by atoms with van der Waals surface area (Å²) in [5.74, 6) is 1.57. The maximum absolute atomic E-state index is 13.1. The van der Waals surface area contributed by atoms with Gasteiger partial charge in [0.15, 0.2) is 11.5 Å². The molecule has 1 saturated heterocycles. The number of aromatic nitrogens is 4. The van der Waals surface area contributed by atoms with Crippen LogP contribution < -0.4 is 9.64 Å². The first-order valence-corrected chi connectivity index (χ1v) is 12.1. The van der Waals surface area contributed by atoms with E-state index in [2.05, 4.69) is 15.1 Å². The Hall–Kier alpha value is -5.06. The monoisotopic (exact) mass is 509 g/mol. The Labute approximate surface area is 217 Å². The second-order valence-corrected chi connectivity index (χ2v) is 8.89. The number of hydrogen-bond acceptors (Lipinski definition) is 8. The average Bonchev–Trinajstić information content (AvgIpc) is 3.42. The summed E-state index contributed by atoms with van der Waals surface area (Å²) in [6, 6.07) is 21.2. The summed E-state index contributed by atoms with van der Waals surface area (Å²) in [5.41, 5.74) is 2.21. The summed E-state index contributed by atoms with van der Waals surface area (Å²) in [6.07, 6.45) is 0. The minimum absolute atomic E-state index is 0.0474. The van der Waals surface area contributed by atoms with E-state index >= 15 is 0 Å². The first-order chi connectivity index (χ1) is 18.5. The zero-order valence-electron chi connectivity index (χ0n) is 20.5. The molecule has 0 aliphatic carbocycles. The van der Waals surface area contributed by atoms with Crippen LogP contribution in [-0.2, 0) is 0 Å². The molecule has 3 aromatic carbocycles. The molecule has 1 amide bonds. The van der Waals surface area contributed by atoms with Gasteiger partial charge in [-0.25, -0.2) is 9.38 Å². The highest BCUT2D eigenvalue weighted by Gasteiger charge is 2.28. The Kier molecular flexibility index (Phi) is 5.79. The molecule has 38 heavy (non-hydrogen) atoms. The van der Waals surface area contributed by atoms with E-state index in [-0.39, 0.29) is 11.6 Å². The Morgan fingerprint density at radius 1 is 0.921 bits per heavy atom. The molecule has 1 aliphatic heterocycles. The highest BCUT2D eigenvalue weighted by Crippen LogP contribution is 2.33. The first-order valence-electron chi connectivity index (χ1n) is 12.1. The number of fused-ring (bicyclic) bond motifs is 3. The van der Waals surface area contributed by atoms with Gasteiger partial charge in [-0.2, -0.15) is 0 Å². The topological polar surface area (TPSA) is 119 Å². The predicted molar refractivity (Wildman–Crippen MR) is 141 cm³/mol. The summed E-state index contributed by atoms with van der Waals surface area (Å²) < 4.78 is 6.97. The number of carbonyl (C=O) groups excluding carboxylic acids is 1. The number of amides is 1. The van der Waals surface area contributed by atoms with Crippen LogP contribution in [0.15, 0.2) is 72.8 Å². The maximum atomic E-state index is 13.1. The molecule has 11 heteroatoms. The minimum atomic E-state index is -0.423. The van der Waals surface area contributed by atoms with Crippen LogP contribution in [0, 0.1) is 10.1 Å². The van der Waals surface area contributed by atoms with Gasteiger partial charge in [-0.05, 0) is 42.5 Å². The van der Waals surface area contributed by atoms with Crippen molar-refractivity contribution in [2.24, 2.45) is 0 Å². The Morgan fingerprint density at radius 3 is 2.37 bits per heavy atom. The van der Waals surface area contributed by atoms with Crippen LogP contribution in [0.25, 0.3) is 27.9 Å². The zero-order valence-corrected chi connectivity index (χ0v) is 20.5. The molecule has 0 radical (unpaired) electrons. The molecule has 1 aliphatic rings. The number of ether oxygens (including phenoxy) is 1. The summed E-state index contributed by atoms with van der Waals surface area (Å²) in [5, 5.41) is 21.4. The molecule has 0 bridgehead atoms. The number of benzene rings is 3. The number of nitrogens with zero attached hydrogens (tertiary/aromatic N) is 7. The van der Waals surface area contributed by atoms with E-state index in [1.54, 1.807) is 54.0 Å². The van der Waals surface area contributed by atoms with Crippen LogP contribution in [0.1, 0.15) is 10.4 Å². The second kappa shape index (κ2) is 9.43. The average molecular weight is 510 g/mol. The fraction of sp³-hybridized carbons (Fsp3) is 0.185. The minimum Gasteiger partial charge on any atom is -0.497 e. The molecule has 3 heterocycles. The standard InChI is InChI=1S/C27H23N7O4/c1-38-19-12-10-18(11-13-19)26(35)31-14-16-32(17-15-31)27-28-22-8-4-2-6-20(22)24-29-30-25(33(24)27)21-7-3-5-9-23(21)34(36)37/h2-13H,14-17H2,1H3. The van der Waals surface area contributed by atoms with Crippen molar-refractivity contribution in [2.75, 3.05) is 38.2 Å². The summed E-state index contributed by atoms with van der Waals surface area (Å²) in [4.78, 5) is 33.3. The van der Waals surface area contributed by atoms with E-state index in [9.17, 15) is 14.9 Å². The van der Waals surface area contributed by atoms with E-state index < -0.39 is 4.92 Å². The SMILES string of the molecule is COc1ccc(C(=O)N2CCN(c3nc4ccccc4c4nnc(-c5ccccc5[N+](=O)[O-])n34)CC2)cc1. The molecule has 11 nitrogen and oxygen atoms in total. The molecular formula is C27H23N7O4. The van der Waals surface area contributed by atoms with Crippen molar-refractivity contribution < 1.29 is 14.5 Å². The van der Waals surface area contributed by atoms with E-state index in [0.29, 0.717) is 60.5 Å². The van der Waals surface area contributed by atoms with E-state index in [4.69, 9.17) is 9.72 Å². The maximum Gasteiger partial charge on any atom is 0.280 e. The van der Waals surface area contributed by atoms with E-state index in [1.165, 1.54) is 6.07 Å². The molecule has 5 aromatic rings. The van der Waals surface area contributed by atoms with Crippen LogP contribution in [0.3, 0.4) is 0 Å². The Balaban J connectivity index is 1.38. The van der Waals surface area contributed by atoms with Gasteiger partial charge in [0.05, 0.1) is 23.1 Å². The quantitative estimate of drug-likeness (QED) is 0.259. The van der Waals surface area contributed by atoms with Gasteiger partial charge in [0.25, 0.3) is 11.6 Å². The summed E-state index contributed by atoms with van der Waals surface area (Å²) in [7, 11) is 1.59. The molecule has 0 N–H and O–H groups in total. The molecule has 0 atom stereocenters. The van der Waals surface area contributed by atoms with Gasteiger partial charge in [0.1, 0.15) is 5.75 Å². The lowest BCUT2D eigenvalue weighted by molar-refractivity contribution is -0.384. The van der Waals surface area contributed by atoms with Crippen LogP contribution in [-0.4, -0.2) is 68.6 Å². The van der Waals surface area contributed by atoms with Crippen LogP contribution >= 0.6 is 0 Å². The number of hydrogen-bond donors (Lipinski definition) is 0. The predicted octanol–water partition coefficient (Wildman–Crippen LogP) is 3.82. The van der Waals surface area contributed by atoms with Gasteiger partial charge < -0.3 is 14.5 Å². The lowest BCUT2D eigenvalue weighted by atomic mass is 10.1. The van der Waals surface area contributed by atoms with Gasteiger partial charge in [0, 0.05) is 43.2 Å². The third-order valence-corrected chi connectivity index (χ3v) is 6.76. The lowest BCUT2D eigenvalue weighted by Gasteiger charge is -2.35. The van der Waals surface area contributed by atoms with Crippen molar-refractivity contribution in [2.45, 2.75) is 0 Å². The number of para-hydroxylation sites is 2. The van der Waals surface area contributed by atoms with Crippen LogP contribution in [0.4, 0.5) is 11.6 Å². The molecule has 0 unspecified atom stereocenters. The molecule has 6 rings (SSSR count). The molecule has 190 valence electrons. The van der Waals surface area contributed by atoms with Gasteiger partial charge in [0.2, 0.25) is 5.95 Å². The molecule has 2 aromatic heterocycles. The van der Waals surface area contributed by atoms with Crippen molar-refractivity contribution in [1.82, 2.24) is 24.5 Å². The Bertz CT molecular complexity index is 1670. The smallest absolute Gasteiger partial charge is 0.280 e. The lowest BCUT2D eigenvalue weighted by Crippen LogP contribution is -2.49. The normalized spacial score (nSPS) is 13.7. The van der Waals surface area contributed by atoms with E-state index in [1.807, 2.05) is 29.2 Å². The van der Waals surface area contributed by atoms with Gasteiger partial charge in [-0.1, -0.05) is 24.3 Å². The molecule has 0 saturated carbocycles. The van der Waals surface area contributed by atoms with Crippen molar-refractivity contribution in [1.29, 1.82) is 0 Å². The highest BCUT2D eigenvalue weighted by atomic mass is 16.6. The number of anilines is 1. The largest absolute Gasteiger partial charge is 0.497 e. The molecular weight excluding hydrogens is 486 g/mol. The number of nitro groups is 1. The zero-order chi connectivity index (χ0) is 26.2. The number of piperazine rings is 1.